The van der Waals surface area contributed by atoms with Gasteiger partial charge in [-0.1, -0.05) is 102 Å². The third-order valence-electron chi connectivity index (χ3n) is 2.64. The van der Waals surface area contributed by atoms with Gasteiger partial charge in [0.25, 0.3) is 0 Å². The Balaban J connectivity index is 3.60. The summed E-state index contributed by atoms with van der Waals surface area (Å²) in [6.07, 6.45) is -0.905. The third-order valence-corrected chi connectivity index (χ3v) is 3.87. The Morgan fingerprint density at radius 2 is 1.26 bits per heavy atom. The molecule has 0 bridgehead atoms. The maximum atomic E-state index is 10.3. The van der Waals surface area contributed by atoms with Crippen LogP contribution in [0.4, 0.5) is 0 Å². The summed E-state index contributed by atoms with van der Waals surface area (Å²) >= 11 is 35.6. The van der Waals surface area contributed by atoms with E-state index < -0.39 is 13.7 Å². The largest absolute Gasteiger partial charge is 0.388 e. The molecule has 0 saturated carbocycles. The fraction of sp³-hybridized carbons (Fsp3) is 0.500. The van der Waals surface area contributed by atoms with E-state index in [9.17, 15) is 5.11 Å². The number of hydrogen-bond acceptors (Lipinski definition) is 1. The first-order valence-corrected chi connectivity index (χ1v) is 7.68. The lowest BCUT2D eigenvalue weighted by Gasteiger charge is -2.27. The van der Waals surface area contributed by atoms with Crippen molar-refractivity contribution >= 4 is 69.6 Å². The first kappa shape index (κ1) is 18.0. The van der Waals surface area contributed by atoms with Crippen molar-refractivity contribution in [1.29, 1.82) is 0 Å². The minimum absolute atomic E-state index is 0.125. The normalized spacial score (nSPS) is 14.8. The number of alkyl halides is 6. The number of rotatable bonds is 2. The van der Waals surface area contributed by atoms with E-state index in [-0.39, 0.29) is 5.92 Å². The number of aliphatic hydroxyl groups excluding tert-OH is 1. The Bertz CT molecular complexity index is 414. The van der Waals surface area contributed by atoms with Crippen molar-refractivity contribution in [1.82, 2.24) is 0 Å². The van der Waals surface area contributed by atoms with Gasteiger partial charge in [0.1, 0.15) is 0 Å². The first-order valence-electron chi connectivity index (χ1n) is 5.41. The van der Waals surface area contributed by atoms with Gasteiger partial charge in [0.05, 0.1) is 6.10 Å². The quantitative estimate of drug-likeness (QED) is 0.617. The summed E-state index contributed by atoms with van der Waals surface area (Å²) in [6.45, 7) is 3.64. The minimum atomic E-state index is -1.71. The van der Waals surface area contributed by atoms with Crippen LogP contribution in [0, 0.1) is 5.92 Å². The van der Waals surface area contributed by atoms with Crippen molar-refractivity contribution in [2.45, 2.75) is 27.5 Å². The fourth-order valence-electron chi connectivity index (χ4n) is 1.71. The van der Waals surface area contributed by atoms with E-state index in [0.29, 0.717) is 16.7 Å². The smallest absolute Gasteiger partial charge is 0.216 e. The molecular weight excluding hydrogens is 373 g/mol. The molecule has 0 spiro atoms. The standard InChI is InChI=1S/C12H12Cl6O/c1-6(2)10(19)9-7(11(13,14)15)4-3-5-8(9)12(16,17)18/h3-6,10,19H,1-2H3. The summed E-state index contributed by atoms with van der Waals surface area (Å²) in [5, 5.41) is 10.3. The van der Waals surface area contributed by atoms with Gasteiger partial charge in [-0.05, 0) is 11.5 Å². The highest BCUT2D eigenvalue weighted by Gasteiger charge is 2.36. The molecule has 0 aliphatic heterocycles. The average molecular weight is 385 g/mol. The fourth-order valence-corrected chi connectivity index (χ4v) is 2.70. The van der Waals surface area contributed by atoms with Crippen LogP contribution < -0.4 is 0 Å². The van der Waals surface area contributed by atoms with Gasteiger partial charge in [-0.2, -0.15) is 0 Å². The van der Waals surface area contributed by atoms with Gasteiger partial charge in [-0.25, -0.2) is 0 Å². The Morgan fingerprint density at radius 1 is 0.895 bits per heavy atom. The van der Waals surface area contributed by atoms with E-state index in [0.717, 1.165) is 0 Å². The molecule has 0 amide bonds. The van der Waals surface area contributed by atoms with Crippen LogP contribution in [-0.2, 0) is 7.59 Å². The molecule has 1 aromatic carbocycles. The summed E-state index contributed by atoms with van der Waals surface area (Å²) in [7, 11) is 0. The minimum Gasteiger partial charge on any atom is -0.388 e. The lowest BCUT2D eigenvalue weighted by molar-refractivity contribution is 0.125. The highest BCUT2D eigenvalue weighted by molar-refractivity contribution is 6.67. The summed E-state index contributed by atoms with van der Waals surface area (Å²) in [5.41, 5.74) is 0.961. The van der Waals surface area contributed by atoms with Gasteiger partial charge in [-0.15, -0.1) is 0 Å². The second-order valence-electron chi connectivity index (χ2n) is 4.45. The molecule has 0 radical (unpaired) electrons. The zero-order chi connectivity index (χ0) is 15.0. The van der Waals surface area contributed by atoms with Crippen LogP contribution in [-0.4, -0.2) is 5.11 Å². The van der Waals surface area contributed by atoms with E-state index in [1.54, 1.807) is 18.2 Å². The molecule has 19 heavy (non-hydrogen) atoms. The SMILES string of the molecule is CC(C)C(O)c1c(C(Cl)(Cl)Cl)cccc1C(Cl)(Cl)Cl. The highest BCUT2D eigenvalue weighted by Crippen LogP contribution is 2.49. The average Bonchev–Trinajstić information content (AvgIpc) is 2.24. The number of benzene rings is 1. The number of aliphatic hydroxyl groups is 1. The van der Waals surface area contributed by atoms with Crippen LogP contribution in [0.2, 0.25) is 0 Å². The summed E-state index contributed by atoms with van der Waals surface area (Å²) < 4.78 is -3.42. The summed E-state index contributed by atoms with van der Waals surface area (Å²) in [5.74, 6) is -0.125. The molecule has 1 unspecified atom stereocenters. The van der Waals surface area contributed by atoms with Gasteiger partial charge in [0.2, 0.25) is 7.59 Å². The van der Waals surface area contributed by atoms with Gasteiger partial charge < -0.3 is 5.11 Å². The van der Waals surface area contributed by atoms with Gasteiger partial charge in [0, 0.05) is 11.1 Å². The zero-order valence-corrected chi connectivity index (χ0v) is 14.6. The van der Waals surface area contributed by atoms with E-state index in [4.69, 9.17) is 69.6 Å². The maximum Gasteiger partial charge on any atom is 0.216 e. The van der Waals surface area contributed by atoms with Crippen molar-refractivity contribution < 1.29 is 5.11 Å². The molecule has 0 fully saturated rings. The van der Waals surface area contributed by atoms with Crippen LogP contribution in [0.25, 0.3) is 0 Å². The number of hydrogen-bond donors (Lipinski definition) is 1. The molecule has 0 aromatic heterocycles. The van der Waals surface area contributed by atoms with E-state index in [2.05, 4.69) is 0 Å². The van der Waals surface area contributed by atoms with Crippen LogP contribution in [0.5, 0.6) is 0 Å². The molecular formula is C12H12Cl6O. The van der Waals surface area contributed by atoms with Crippen molar-refractivity contribution in [3.05, 3.63) is 34.9 Å². The number of halogens is 6. The van der Waals surface area contributed by atoms with E-state index in [1.165, 1.54) is 0 Å². The molecule has 0 saturated heterocycles. The Kier molecular flexibility index (Phi) is 6.01. The second-order valence-corrected chi connectivity index (χ2v) is 9.01. The lowest BCUT2D eigenvalue weighted by atomic mass is 9.91. The Hall–Kier alpha value is 0.920. The molecule has 1 nitrogen and oxygen atoms in total. The topological polar surface area (TPSA) is 20.2 Å². The molecule has 0 aliphatic rings. The first-order chi connectivity index (χ1) is 8.46. The lowest BCUT2D eigenvalue weighted by Crippen LogP contribution is -2.18. The van der Waals surface area contributed by atoms with Crippen LogP contribution in [0.15, 0.2) is 18.2 Å². The third kappa shape index (κ3) is 4.44. The van der Waals surface area contributed by atoms with E-state index >= 15 is 0 Å². The molecule has 1 rings (SSSR count). The molecule has 1 aromatic rings. The summed E-state index contributed by atoms with van der Waals surface area (Å²) in [6, 6.07) is 4.80. The molecule has 7 heteroatoms. The molecule has 1 atom stereocenters. The molecule has 1 N–H and O–H groups in total. The van der Waals surface area contributed by atoms with E-state index in [1.807, 2.05) is 13.8 Å². The highest BCUT2D eigenvalue weighted by atomic mass is 35.6. The predicted molar refractivity (Wildman–Crippen MR) is 84.7 cm³/mol. The van der Waals surface area contributed by atoms with Crippen molar-refractivity contribution in [3.63, 3.8) is 0 Å². The van der Waals surface area contributed by atoms with Gasteiger partial charge in [0.15, 0.2) is 0 Å². The summed E-state index contributed by atoms with van der Waals surface area (Å²) in [4.78, 5) is 0. The van der Waals surface area contributed by atoms with Crippen molar-refractivity contribution in [3.8, 4) is 0 Å². The van der Waals surface area contributed by atoms with Gasteiger partial charge >= 0.3 is 0 Å². The molecule has 0 heterocycles. The Morgan fingerprint density at radius 3 is 1.53 bits per heavy atom. The molecule has 108 valence electrons. The van der Waals surface area contributed by atoms with Crippen LogP contribution in [0.3, 0.4) is 0 Å². The van der Waals surface area contributed by atoms with Gasteiger partial charge in [-0.3, -0.25) is 0 Å². The Labute approximate surface area is 142 Å². The maximum absolute atomic E-state index is 10.3. The van der Waals surface area contributed by atoms with Crippen LogP contribution >= 0.6 is 69.6 Å². The van der Waals surface area contributed by atoms with Crippen LogP contribution in [0.1, 0.15) is 36.6 Å². The second kappa shape index (κ2) is 6.36. The zero-order valence-electron chi connectivity index (χ0n) is 10.1. The predicted octanol–water partition coefficient (Wildman–Crippen LogP) is 6.03. The van der Waals surface area contributed by atoms with Crippen molar-refractivity contribution in [2.24, 2.45) is 5.92 Å². The monoisotopic (exact) mass is 382 g/mol. The van der Waals surface area contributed by atoms with Crippen molar-refractivity contribution in [2.75, 3.05) is 0 Å². The molecule has 0 aliphatic carbocycles.